The van der Waals surface area contributed by atoms with Crippen LogP contribution in [0.3, 0.4) is 0 Å². The number of nitrogens with one attached hydrogen (secondary N) is 1. The Kier molecular flexibility index (Phi) is 4.11. The Bertz CT molecular complexity index is 187. The minimum Gasteiger partial charge on any atom is -0.317 e. The third-order valence-electron chi connectivity index (χ3n) is 2.92. The van der Waals surface area contributed by atoms with E-state index in [1.807, 2.05) is 0 Å². The molecule has 2 nitrogen and oxygen atoms in total. The van der Waals surface area contributed by atoms with Crippen molar-refractivity contribution in [2.24, 2.45) is 11.3 Å². The number of carbonyl (C=O) groups is 1. The molecule has 0 amide bonds. The molecule has 0 aliphatic carbocycles. The number of ketones is 1. The highest BCUT2D eigenvalue weighted by atomic mass is 16.1. The first-order valence-electron chi connectivity index (χ1n) is 5.72. The molecule has 1 fully saturated rings. The maximum absolute atomic E-state index is 11.8. The fraction of sp³-hybridized carbons (Fsp3) is 0.917. The van der Waals surface area contributed by atoms with Crippen LogP contribution in [0.4, 0.5) is 0 Å². The van der Waals surface area contributed by atoms with Gasteiger partial charge in [0.2, 0.25) is 0 Å². The first kappa shape index (κ1) is 11.7. The van der Waals surface area contributed by atoms with Crippen LogP contribution < -0.4 is 5.32 Å². The Morgan fingerprint density at radius 1 is 1.29 bits per heavy atom. The van der Waals surface area contributed by atoms with Gasteiger partial charge in [-0.2, -0.15) is 0 Å². The summed E-state index contributed by atoms with van der Waals surface area (Å²) in [5, 5.41) is 3.29. The summed E-state index contributed by atoms with van der Waals surface area (Å²) in [5.41, 5.74) is 0.294. The van der Waals surface area contributed by atoms with E-state index < -0.39 is 0 Å². The molecule has 82 valence electrons. The molecular weight excluding hydrogens is 174 g/mol. The predicted molar refractivity (Wildman–Crippen MR) is 59.3 cm³/mol. The molecule has 1 aliphatic heterocycles. The number of Topliss-reactive ketones (excluding diaryl/α,β-unsaturated/α-hetero) is 1. The standard InChI is InChI=1S/C12H23NO/c1-12(2,3)7-4-11(14)10-5-8-13-9-6-10/h10,13H,4-9H2,1-3H3. The Balaban J connectivity index is 2.27. The van der Waals surface area contributed by atoms with Crippen LogP contribution in [-0.4, -0.2) is 18.9 Å². The second-order valence-electron chi connectivity index (χ2n) is 5.55. The highest BCUT2D eigenvalue weighted by molar-refractivity contribution is 5.81. The van der Waals surface area contributed by atoms with Gasteiger partial charge in [-0.1, -0.05) is 20.8 Å². The highest BCUT2D eigenvalue weighted by Crippen LogP contribution is 2.23. The molecule has 1 N–H and O–H groups in total. The Labute approximate surface area is 87.5 Å². The second kappa shape index (κ2) is 4.92. The Hall–Kier alpha value is -0.370. The average molecular weight is 197 g/mol. The van der Waals surface area contributed by atoms with Gasteiger partial charge in [-0.3, -0.25) is 4.79 Å². The fourth-order valence-corrected chi connectivity index (χ4v) is 1.85. The molecule has 0 aromatic rings. The van der Waals surface area contributed by atoms with Crippen LogP contribution in [0.2, 0.25) is 0 Å². The minimum atomic E-state index is 0.294. The van der Waals surface area contributed by atoms with Gasteiger partial charge < -0.3 is 5.32 Å². The van der Waals surface area contributed by atoms with Crippen molar-refractivity contribution in [3.8, 4) is 0 Å². The molecule has 0 aromatic carbocycles. The molecule has 1 saturated heterocycles. The first-order chi connectivity index (χ1) is 6.49. The number of hydrogen-bond acceptors (Lipinski definition) is 2. The van der Waals surface area contributed by atoms with E-state index in [-0.39, 0.29) is 0 Å². The number of hydrogen-bond donors (Lipinski definition) is 1. The van der Waals surface area contributed by atoms with E-state index >= 15 is 0 Å². The van der Waals surface area contributed by atoms with Gasteiger partial charge in [0, 0.05) is 12.3 Å². The lowest BCUT2D eigenvalue weighted by Crippen LogP contribution is -2.32. The smallest absolute Gasteiger partial charge is 0.136 e. The summed E-state index contributed by atoms with van der Waals surface area (Å²) in [7, 11) is 0. The number of carbonyl (C=O) groups excluding carboxylic acids is 1. The predicted octanol–water partition coefficient (Wildman–Crippen LogP) is 2.38. The summed E-state index contributed by atoms with van der Waals surface area (Å²) in [4.78, 5) is 11.8. The van der Waals surface area contributed by atoms with Gasteiger partial charge in [0.15, 0.2) is 0 Å². The van der Waals surface area contributed by atoms with E-state index in [0.29, 0.717) is 17.1 Å². The van der Waals surface area contributed by atoms with Crippen LogP contribution >= 0.6 is 0 Å². The molecule has 1 heterocycles. The van der Waals surface area contributed by atoms with Crippen molar-refractivity contribution in [3.05, 3.63) is 0 Å². The summed E-state index contributed by atoms with van der Waals surface area (Å²) < 4.78 is 0. The molecule has 0 unspecified atom stereocenters. The van der Waals surface area contributed by atoms with E-state index in [1.165, 1.54) is 0 Å². The van der Waals surface area contributed by atoms with Crippen molar-refractivity contribution < 1.29 is 4.79 Å². The molecule has 0 bridgehead atoms. The molecule has 1 rings (SSSR count). The molecule has 0 radical (unpaired) electrons. The maximum Gasteiger partial charge on any atom is 0.136 e. The fourth-order valence-electron chi connectivity index (χ4n) is 1.85. The summed E-state index contributed by atoms with van der Waals surface area (Å²) in [6, 6.07) is 0. The molecular formula is C12H23NO. The van der Waals surface area contributed by atoms with Crippen molar-refractivity contribution in [3.63, 3.8) is 0 Å². The molecule has 14 heavy (non-hydrogen) atoms. The van der Waals surface area contributed by atoms with Crippen molar-refractivity contribution in [1.82, 2.24) is 5.32 Å². The lowest BCUT2D eigenvalue weighted by molar-refractivity contribution is -0.124. The normalized spacial score (nSPS) is 19.6. The van der Waals surface area contributed by atoms with Crippen LogP contribution in [-0.2, 0) is 4.79 Å². The first-order valence-corrected chi connectivity index (χ1v) is 5.72. The van der Waals surface area contributed by atoms with Crippen molar-refractivity contribution in [2.75, 3.05) is 13.1 Å². The van der Waals surface area contributed by atoms with Crippen molar-refractivity contribution in [2.45, 2.75) is 46.5 Å². The molecule has 1 aliphatic rings. The maximum atomic E-state index is 11.8. The van der Waals surface area contributed by atoms with Gasteiger partial charge in [-0.05, 0) is 37.8 Å². The summed E-state index contributed by atoms with van der Waals surface area (Å²) in [6.07, 6.45) is 3.88. The van der Waals surface area contributed by atoms with Gasteiger partial charge >= 0.3 is 0 Å². The summed E-state index contributed by atoms with van der Waals surface area (Å²) in [6.45, 7) is 8.63. The molecule has 2 heteroatoms. The van der Waals surface area contributed by atoms with Crippen LogP contribution in [0.5, 0.6) is 0 Å². The highest BCUT2D eigenvalue weighted by Gasteiger charge is 2.22. The zero-order valence-electron chi connectivity index (χ0n) is 9.73. The zero-order chi connectivity index (χ0) is 10.6. The molecule has 0 spiro atoms. The van der Waals surface area contributed by atoms with Gasteiger partial charge in [0.05, 0.1) is 0 Å². The zero-order valence-corrected chi connectivity index (χ0v) is 9.73. The monoisotopic (exact) mass is 197 g/mol. The van der Waals surface area contributed by atoms with Crippen LogP contribution in [0.1, 0.15) is 46.5 Å². The van der Waals surface area contributed by atoms with Gasteiger partial charge in [-0.25, -0.2) is 0 Å². The van der Waals surface area contributed by atoms with Crippen molar-refractivity contribution >= 4 is 5.78 Å². The quantitative estimate of drug-likeness (QED) is 0.752. The van der Waals surface area contributed by atoms with E-state index in [0.717, 1.165) is 38.8 Å². The second-order valence-corrected chi connectivity index (χ2v) is 5.55. The van der Waals surface area contributed by atoms with Gasteiger partial charge in [-0.15, -0.1) is 0 Å². The van der Waals surface area contributed by atoms with Crippen LogP contribution in [0.25, 0.3) is 0 Å². The number of rotatable bonds is 3. The third kappa shape index (κ3) is 4.23. The van der Waals surface area contributed by atoms with E-state index in [1.54, 1.807) is 0 Å². The topological polar surface area (TPSA) is 29.1 Å². The third-order valence-corrected chi connectivity index (χ3v) is 2.92. The lowest BCUT2D eigenvalue weighted by atomic mass is 9.85. The Morgan fingerprint density at radius 2 is 1.86 bits per heavy atom. The molecule has 0 atom stereocenters. The Morgan fingerprint density at radius 3 is 2.36 bits per heavy atom. The van der Waals surface area contributed by atoms with Crippen molar-refractivity contribution in [1.29, 1.82) is 0 Å². The van der Waals surface area contributed by atoms with E-state index in [9.17, 15) is 4.79 Å². The van der Waals surface area contributed by atoms with E-state index in [4.69, 9.17) is 0 Å². The minimum absolute atomic E-state index is 0.294. The van der Waals surface area contributed by atoms with Gasteiger partial charge in [0.25, 0.3) is 0 Å². The summed E-state index contributed by atoms with van der Waals surface area (Å²) >= 11 is 0. The number of piperidine rings is 1. The summed E-state index contributed by atoms with van der Waals surface area (Å²) in [5.74, 6) is 0.833. The molecule has 0 aromatic heterocycles. The van der Waals surface area contributed by atoms with E-state index in [2.05, 4.69) is 26.1 Å². The van der Waals surface area contributed by atoms with Crippen LogP contribution in [0, 0.1) is 11.3 Å². The van der Waals surface area contributed by atoms with Gasteiger partial charge in [0.1, 0.15) is 5.78 Å². The van der Waals surface area contributed by atoms with Crippen LogP contribution in [0.15, 0.2) is 0 Å². The largest absolute Gasteiger partial charge is 0.317 e. The SMILES string of the molecule is CC(C)(C)CCC(=O)C1CCNCC1. The average Bonchev–Trinajstić information content (AvgIpc) is 2.14. The lowest BCUT2D eigenvalue weighted by Gasteiger charge is -2.23. The molecule has 0 saturated carbocycles.